The Labute approximate surface area is 124 Å². The highest BCUT2D eigenvalue weighted by Gasteiger charge is 2.26. The van der Waals surface area contributed by atoms with Gasteiger partial charge in [-0.2, -0.15) is 0 Å². The molecule has 114 valence electrons. The van der Waals surface area contributed by atoms with Crippen LogP contribution in [0.25, 0.3) is 11.0 Å². The minimum Gasteiger partial charge on any atom is -0.478 e. The number of fused-ring (bicyclic) bond motifs is 1. The normalized spacial score (nSPS) is 13.6. The van der Waals surface area contributed by atoms with E-state index in [0.717, 1.165) is 5.82 Å². The first-order valence-corrected chi connectivity index (χ1v) is 7.09. The molecule has 1 atom stereocenters. The fourth-order valence-electron chi connectivity index (χ4n) is 2.48. The molecule has 2 rings (SSSR count). The van der Waals surface area contributed by atoms with Gasteiger partial charge in [0.2, 0.25) is 0 Å². The average molecular weight is 290 g/mol. The van der Waals surface area contributed by atoms with E-state index in [-0.39, 0.29) is 23.5 Å². The fraction of sp³-hybridized carbons (Fsp3) is 0.500. The Morgan fingerprint density at radius 2 is 2.05 bits per heavy atom. The highest BCUT2D eigenvalue weighted by atomic mass is 16.4. The van der Waals surface area contributed by atoms with E-state index < -0.39 is 5.97 Å². The quantitative estimate of drug-likeness (QED) is 0.907. The molecular weight excluding hydrogens is 268 g/mol. The van der Waals surface area contributed by atoms with Crippen LogP contribution in [-0.4, -0.2) is 32.3 Å². The minimum absolute atomic E-state index is 0.0327. The number of carboxylic acid groups (broad SMARTS) is 1. The molecule has 0 radical (unpaired) electrons. The van der Waals surface area contributed by atoms with Gasteiger partial charge in [0.05, 0.1) is 16.6 Å². The second-order valence-electron chi connectivity index (χ2n) is 6.56. The molecule has 0 saturated carbocycles. The van der Waals surface area contributed by atoms with Crippen molar-refractivity contribution in [3.8, 4) is 0 Å². The monoisotopic (exact) mass is 290 g/mol. The number of benzene rings is 1. The summed E-state index contributed by atoms with van der Waals surface area (Å²) in [4.78, 5) is 16.1. The highest BCUT2D eigenvalue weighted by Crippen LogP contribution is 2.29. The predicted molar refractivity (Wildman–Crippen MR) is 81.6 cm³/mol. The molecule has 1 heterocycles. The zero-order valence-corrected chi connectivity index (χ0v) is 12.9. The Hall–Kier alpha value is -1.88. The molecule has 1 unspecified atom stereocenters. The number of aliphatic hydroxyl groups excluding tert-OH is 1. The number of para-hydroxylation sites is 1. The molecular formula is C16H22N2O3. The van der Waals surface area contributed by atoms with Gasteiger partial charge in [-0.05, 0) is 18.1 Å². The van der Waals surface area contributed by atoms with E-state index in [2.05, 4.69) is 25.8 Å². The van der Waals surface area contributed by atoms with E-state index >= 15 is 0 Å². The average Bonchev–Trinajstić information content (AvgIpc) is 2.77. The molecule has 5 nitrogen and oxygen atoms in total. The molecule has 0 fully saturated rings. The van der Waals surface area contributed by atoms with E-state index in [9.17, 15) is 15.0 Å². The van der Waals surface area contributed by atoms with Crippen molar-refractivity contribution in [3.63, 3.8) is 0 Å². The highest BCUT2D eigenvalue weighted by molar-refractivity contribution is 6.01. The van der Waals surface area contributed by atoms with Gasteiger partial charge in [-0.15, -0.1) is 0 Å². The number of imidazole rings is 1. The van der Waals surface area contributed by atoms with Crippen LogP contribution in [0.3, 0.4) is 0 Å². The smallest absolute Gasteiger partial charge is 0.337 e. The van der Waals surface area contributed by atoms with Crippen LogP contribution in [-0.2, 0) is 12.0 Å². The molecule has 0 aliphatic carbocycles. The molecule has 0 aliphatic heterocycles. The third-order valence-corrected chi connectivity index (χ3v) is 3.47. The fourth-order valence-corrected chi connectivity index (χ4v) is 2.48. The third-order valence-electron chi connectivity index (χ3n) is 3.47. The maximum atomic E-state index is 11.5. The van der Waals surface area contributed by atoms with Crippen LogP contribution >= 0.6 is 0 Å². The van der Waals surface area contributed by atoms with Gasteiger partial charge in [-0.3, -0.25) is 0 Å². The SMILES string of the molecule is CC(CO)Cn1c(C(C)(C)C)nc2cccc(C(=O)O)c21. The summed E-state index contributed by atoms with van der Waals surface area (Å²) in [5, 5.41) is 18.7. The van der Waals surface area contributed by atoms with Crippen molar-refractivity contribution in [1.82, 2.24) is 9.55 Å². The number of aliphatic hydroxyl groups is 1. The van der Waals surface area contributed by atoms with Gasteiger partial charge < -0.3 is 14.8 Å². The lowest BCUT2D eigenvalue weighted by Gasteiger charge is -2.22. The zero-order chi connectivity index (χ0) is 15.8. The summed E-state index contributed by atoms with van der Waals surface area (Å²) >= 11 is 0. The first kappa shape index (κ1) is 15.5. The Morgan fingerprint density at radius 3 is 2.57 bits per heavy atom. The number of aromatic nitrogens is 2. The molecule has 0 aliphatic rings. The van der Waals surface area contributed by atoms with Crippen molar-refractivity contribution in [2.24, 2.45) is 5.92 Å². The van der Waals surface area contributed by atoms with E-state index in [4.69, 9.17) is 0 Å². The lowest BCUT2D eigenvalue weighted by molar-refractivity contribution is 0.0698. The van der Waals surface area contributed by atoms with Gasteiger partial charge in [0.15, 0.2) is 0 Å². The lowest BCUT2D eigenvalue weighted by atomic mass is 9.95. The molecule has 21 heavy (non-hydrogen) atoms. The molecule has 0 amide bonds. The Bertz CT molecular complexity index is 668. The summed E-state index contributed by atoms with van der Waals surface area (Å²) in [6.07, 6.45) is 0. The molecule has 0 saturated heterocycles. The Balaban J connectivity index is 2.77. The van der Waals surface area contributed by atoms with E-state index in [0.29, 0.717) is 17.6 Å². The molecule has 1 aromatic carbocycles. The predicted octanol–water partition coefficient (Wildman–Crippen LogP) is 2.66. The standard InChI is InChI=1S/C16H22N2O3/c1-10(9-19)8-18-13-11(14(20)21)6-5-7-12(13)17-15(18)16(2,3)4/h5-7,10,19H,8-9H2,1-4H3,(H,20,21). The van der Waals surface area contributed by atoms with E-state index in [1.807, 2.05) is 17.6 Å². The van der Waals surface area contributed by atoms with E-state index in [1.54, 1.807) is 12.1 Å². The molecule has 5 heteroatoms. The maximum absolute atomic E-state index is 11.5. The summed E-state index contributed by atoms with van der Waals surface area (Å²) in [5.74, 6) is -0.0873. The molecule has 1 aromatic heterocycles. The molecule has 2 N–H and O–H groups in total. The largest absolute Gasteiger partial charge is 0.478 e. The Morgan fingerprint density at radius 1 is 1.38 bits per heavy atom. The summed E-state index contributed by atoms with van der Waals surface area (Å²) in [7, 11) is 0. The zero-order valence-electron chi connectivity index (χ0n) is 12.9. The van der Waals surface area contributed by atoms with Gasteiger partial charge in [0, 0.05) is 18.6 Å². The third kappa shape index (κ3) is 2.93. The lowest BCUT2D eigenvalue weighted by Crippen LogP contribution is -2.22. The van der Waals surface area contributed by atoms with Gasteiger partial charge in [0.1, 0.15) is 5.82 Å². The van der Waals surface area contributed by atoms with E-state index in [1.165, 1.54) is 0 Å². The van der Waals surface area contributed by atoms with Gasteiger partial charge in [0.25, 0.3) is 0 Å². The summed E-state index contributed by atoms with van der Waals surface area (Å²) in [6, 6.07) is 5.14. The minimum atomic E-state index is -0.959. The summed E-state index contributed by atoms with van der Waals surface area (Å²) in [6.45, 7) is 8.68. The van der Waals surface area contributed by atoms with Crippen molar-refractivity contribution in [3.05, 3.63) is 29.6 Å². The van der Waals surface area contributed by atoms with Gasteiger partial charge in [-0.25, -0.2) is 9.78 Å². The number of nitrogens with zero attached hydrogens (tertiary/aromatic N) is 2. The van der Waals surface area contributed by atoms with Crippen molar-refractivity contribution >= 4 is 17.0 Å². The second kappa shape index (κ2) is 5.48. The second-order valence-corrected chi connectivity index (χ2v) is 6.56. The van der Waals surface area contributed by atoms with Crippen molar-refractivity contribution in [2.45, 2.75) is 39.7 Å². The number of rotatable bonds is 4. The van der Waals surface area contributed by atoms with Crippen LogP contribution in [0.2, 0.25) is 0 Å². The van der Waals surface area contributed by atoms with Crippen molar-refractivity contribution in [2.75, 3.05) is 6.61 Å². The summed E-state index contributed by atoms with van der Waals surface area (Å²) < 4.78 is 1.94. The number of aromatic carboxylic acids is 1. The number of hydrogen-bond donors (Lipinski definition) is 2. The number of hydrogen-bond acceptors (Lipinski definition) is 3. The molecule has 0 bridgehead atoms. The first-order valence-electron chi connectivity index (χ1n) is 7.09. The number of carbonyl (C=O) groups is 1. The first-order chi connectivity index (χ1) is 9.75. The van der Waals surface area contributed by atoms with Crippen LogP contribution in [0, 0.1) is 5.92 Å². The number of carboxylic acids is 1. The van der Waals surface area contributed by atoms with Crippen LogP contribution in [0.5, 0.6) is 0 Å². The van der Waals surface area contributed by atoms with Crippen LogP contribution in [0.1, 0.15) is 43.9 Å². The topological polar surface area (TPSA) is 75.3 Å². The van der Waals surface area contributed by atoms with Crippen molar-refractivity contribution < 1.29 is 15.0 Å². The van der Waals surface area contributed by atoms with Crippen LogP contribution in [0.4, 0.5) is 0 Å². The molecule has 2 aromatic rings. The van der Waals surface area contributed by atoms with Crippen LogP contribution in [0.15, 0.2) is 18.2 Å². The van der Waals surface area contributed by atoms with Gasteiger partial charge >= 0.3 is 5.97 Å². The van der Waals surface area contributed by atoms with Crippen LogP contribution < -0.4 is 0 Å². The summed E-state index contributed by atoms with van der Waals surface area (Å²) in [5.41, 5.74) is 1.37. The van der Waals surface area contributed by atoms with Crippen molar-refractivity contribution in [1.29, 1.82) is 0 Å². The Kier molecular flexibility index (Phi) is 4.05. The maximum Gasteiger partial charge on any atom is 0.337 e. The van der Waals surface area contributed by atoms with Gasteiger partial charge in [-0.1, -0.05) is 33.8 Å². The molecule has 0 spiro atoms.